The Morgan fingerprint density at radius 1 is 1.00 bits per heavy atom. The molecular formula is C15H36VWY-2. The Balaban J connectivity index is -0.0000000137. The third-order valence-electron chi connectivity index (χ3n) is 0.837. The smallest absolute Gasteiger partial charge is 0.358 e. The molecule has 0 N–H and O–H groups in total. The van der Waals surface area contributed by atoms with Crippen LogP contribution in [0.15, 0.2) is 0 Å². The molecule has 0 aromatic rings. The molecule has 0 heterocycles. The molecule has 0 aliphatic carbocycles. The Morgan fingerprint density at radius 2 is 1.06 bits per heavy atom. The van der Waals surface area contributed by atoms with E-state index >= 15 is 0 Å². The first-order chi connectivity index (χ1) is 5.68. The van der Waals surface area contributed by atoms with Crippen LogP contribution in [0, 0.1) is 33.1 Å². The van der Waals surface area contributed by atoms with Crippen LogP contribution >= 0.6 is 0 Å². The molecule has 0 aromatic carbocycles. The average Bonchev–Trinajstić information content (AvgIpc) is 1.88. The molecule has 0 rings (SSSR count). The zero-order chi connectivity index (χ0) is 11.7. The maximum Gasteiger partial charge on any atom is 2.00 e. The van der Waals surface area contributed by atoms with Crippen molar-refractivity contribution in [2.45, 2.75) is 62.8 Å². The zero-order valence-corrected chi connectivity index (χ0v) is 20.8. The van der Waals surface area contributed by atoms with E-state index in [0.29, 0.717) is 5.41 Å². The first-order valence-electron chi connectivity index (χ1n) is 4.81. The average molecular weight is 540 g/mol. The number of rotatable bonds is 0. The van der Waals surface area contributed by atoms with Crippen molar-refractivity contribution in [1.82, 2.24) is 0 Å². The Bertz CT molecular complexity index is 115. The fourth-order valence-corrected chi connectivity index (χ4v) is 0. The van der Waals surface area contributed by atoms with Crippen molar-refractivity contribution >= 4 is 3.90 Å². The van der Waals surface area contributed by atoms with Crippen molar-refractivity contribution in [3.8, 4) is 0 Å². The second kappa shape index (κ2) is 31.6. The van der Waals surface area contributed by atoms with Gasteiger partial charge in [0.25, 0.3) is 0 Å². The van der Waals surface area contributed by atoms with Crippen LogP contribution in [0.5, 0.6) is 0 Å². The van der Waals surface area contributed by atoms with E-state index in [9.17, 15) is 0 Å². The van der Waals surface area contributed by atoms with E-state index in [0.717, 1.165) is 0 Å². The summed E-state index contributed by atoms with van der Waals surface area (Å²) < 4.78 is 1.33. The standard InChI is InChI=1S/C6H11.C4H9.C2H6.CH4.2CH3.V.W.Y/c1-5-6(2,3)4;1-4(2)3;1-2;;;;;;/h1H2,2-4H3;1-3H3;1-2H3;1H4;2*1H3;;;/q2*-1;;;2*-1;+2;;. The molecule has 0 saturated heterocycles. The van der Waals surface area contributed by atoms with Crippen molar-refractivity contribution in [2.75, 3.05) is 0 Å². The normalized spacial score (nSPS) is 6.78. The van der Waals surface area contributed by atoms with Crippen LogP contribution in [-0.2, 0) is 70.6 Å². The van der Waals surface area contributed by atoms with Gasteiger partial charge in [-0.3, -0.25) is 0 Å². The minimum atomic E-state index is 0. The minimum absolute atomic E-state index is 0. The molecule has 0 fully saturated rings. The van der Waals surface area contributed by atoms with Gasteiger partial charge in [-0.15, -0.1) is 0 Å². The molecule has 2 radical (unpaired) electrons. The SMILES string of the molecule is C.CC.C[C-](C)C.[CH2-][C](=[W])C(C)(C)C.[CH3-].[CH3-].[V+2].[Y]. The molecule has 0 aliphatic heterocycles. The van der Waals surface area contributed by atoms with E-state index in [1.807, 2.05) is 13.8 Å². The summed E-state index contributed by atoms with van der Waals surface area (Å²) in [5.74, 6) is 1.42. The molecule has 0 bridgehead atoms. The first kappa shape index (κ1) is 50.0. The molecule has 0 unspecified atom stereocenters. The molecule has 0 amide bonds. The third-order valence-corrected chi connectivity index (χ3v) is 3.04. The topological polar surface area (TPSA) is 0 Å². The second-order valence-corrected chi connectivity index (χ2v) is 5.94. The Morgan fingerprint density at radius 3 is 1.06 bits per heavy atom. The molecule has 0 aromatic heterocycles. The van der Waals surface area contributed by atoms with Gasteiger partial charge in [0.2, 0.25) is 0 Å². The summed E-state index contributed by atoms with van der Waals surface area (Å²) in [6.45, 7) is 20.7. The van der Waals surface area contributed by atoms with Crippen LogP contribution in [0.1, 0.15) is 62.8 Å². The number of hydrogen-bond acceptors (Lipinski definition) is 0. The Kier molecular flexibility index (Phi) is 87.7. The maximum atomic E-state index is 3.86. The van der Waals surface area contributed by atoms with Gasteiger partial charge in [0.05, 0.1) is 0 Å². The zero-order valence-electron chi connectivity index (χ0n) is 13.6. The quantitative estimate of drug-likeness (QED) is 0.343. The number of hydrogen-bond donors (Lipinski definition) is 0. The second-order valence-electron chi connectivity index (χ2n) is 4.17. The molecule has 0 nitrogen and oxygen atoms in total. The fourth-order valence-electron chi connectivity index (χ4n) is 0. The Labute approximate surface area is 168 Å². The van der Waals surface area contributed by atoms with E-state index < -0.39 is 0 Å². The van der Waals surface area contributed by atoms with Gasteiger partial charge in [0, 0.05) is 32.7 Å². The van der Waals surface area contributed by atoms with E-state index in [2.05, 4.69) is 48.5 Å². The van der Waals surface area contributed by atoms with Crippen LogP contribution < -0.4 is 0 Å². The molecular weight excluding hydrogens is 504 g/mol. The van der Waals surface area contributed by atoms with Gasteiger partial charge >= 0.3 is 74.9 Å². The van der Waals surface area contributed by atoms with E-state index in [1.54, 1.807) is 0 Å². The van der Waals surface area contributed by atoms with Gasteiger partial charge < -0.3 is 20.8 Å². The Hall–Kier alpha value is 2.25. The van der Waals surface area contributed by atoms with Crippen LogP contribution in [0.4, 0.5) is 0 Å². The molecule has 3 heteroatoms. The van der Waals surface area contributed by atoms with Crippen molar-refractivity contribution in [2.24, 2.45) is 5.41 Å². The van der Waals surface area contributed by atoms with E-state index in [1.165, 1.54) is 29.2 Å². The van der Waals surface area contributed by atoms with Crippen molar-refractivity contribution in [3.05, 3.63) is 27.7 Å². The van der Waals surface area contributed by atoms with Gasteiger partial charge in [-0.2, -0.15) is 20.8 Å². The van der Waals surface area contributed by atoms with Crippen molar-refractivity contribution < 1.29 is 70.6 Å². The van der Waals surface area contributed by atoms with Gasteiger partial charge in [0.1, 0.15) is 0 Å². The monoisotopic (exact) mass is 540 g/mol. The largest absolute Gasteiger partial charge is 2.00 e. The van der Waals surface area contributed by atoms with Crippen LogP contribution in [0.3, 0.4) is 0 Å². The van der Waals surface area contributed by atoms with Gasteiger partial charge in [-0.05, 0) is 0 Å². The molecule has 0 atom stereocenters. The summed E-state index contributed by atoms with van der Waals surface area (Å²) in [6.07, 6.45) is 0. The van der Waals surface area contributed by atoms with Crippen LogP contribution in [0.2, 0.25) is 0 Å². The maximum absolute atomic E-state index is 3.86. The van der Waals surface area contributed by atoms with Gasteiger partial charge in [0.15, 0.2) is 0 Å². The summed E-state index contributed by atoms with van der Waals surface area (Å²) in [5.41, 5.74) is 0.343. The van der Waals surface area contributed by atoms with Gasteiger partial charge in [-0.1, -0.05) is 21.3 Å². The molecule has 0 spiro atoms. The van der Waals surface area contributed by atoms with Crippen LogP contribution in [-0.4, -0.2) is 3.90 Å². The summed E-state index contributed by atoms with van der Waals surface area (Å²) >= 11 is 1.50. The summed E-state index contributed by atoms with van der Waals surface area (Å²) in [7, 11) is 0. The molecule has 0 saturated carbocycles. The fraction of sp³-hybridized carbons (Fsp3) is 0.667. The summed E-state index contributed by atoms with van der Waals surface area (Å²) in [4.78, 5) is 0. The minimum Gasteiger partial charge on any atom is -0.358 e. The third kappa shape index (κ3) is 79.8. The van der Waals surface area contributed by atoms with Crippen molar-refractivity contribution in [3.63, 3.8) is 0 Å². The summed E-state index contributed by atoms with van der Waals surface area (Å²) in [5, 5.41) is 0. The molecule has 112 valence electrons. The first-order valence-corrected chi connectivity index (χ1v) is 6.27. The van der Waals surface area contributed by atoms with E-state index in [-0.39, 0.29) is 73.5 Å². The van der Waals surface area contributed by atoms with Crippen LogP contribution in [0.25, 0.3) is 0 Å². The summed E-state index contributed by atoms with van der Waals surface area (Å²) in [6, 6.07) is 0. The van der Waals surface area contributed by atoms with Gasteiger partial charge in [-0.25, -0.2) is 0 Å². The predicted octanol–water partition coefficient (Wildman–Crippen LogP) is 5.76. The van der Waals surface area contributed by atoms with Crippen molar-refractivity contribution in [1.29, 1.82) is 0 Å². The molecule has 18 heavy (non-hydrogen) atoms. The predicted molar refractivity (Wildman–Crippen MR) is 81.0 cm³/mol. The van der Waals surface area contributed by atoms with E-state index in [4.69, 9.17) is 0 Å². The molecule has 0 aliphatic rings.